The van der Waals surface area contributed by atoms with Gasteiger partial charge in [-0.1, -0.05) is 0 Å². The summed E-state index contributed by atoms with van der Waals surface area (Å²) in [4.78, 5) is 9.80. The minimum absolute atomic E-state index is 0.378. The normalized spacial score (nSPS) is 22.5. The minimum Gasteiger partial charge on any atom is -0.345 e. The number of H-pyrrole nitrogens is 1. The van der Waals surface area contributed by atoms with Crippen molar-refractivity contribution >= 4 is 0 Å². The van der Waals surface area contributed by atoms with Crippen LogP contribution in [0.5, 0.6) is 0 Å². The van der Waals surface area contributed by atoms with Crippen molar-refractivity contribution in [3.8, 4) is 6.07 Å². The van der Waals surface area contributed by atoms with E-state index in [1.165, 1.54) is 25.1 Å². The van der Waals surface area contributed by atoms with Crippen molar-refractivity contribution in [2.24, 2.45) is 0 Å². The number of nitriles is 1. The largest absolute Gasteiger partial charge is 0.345 e. The molecule has 80 valence electrons. The third-order valence-electron chi connectivity index (χ3n) is 2.96. The molecule has 1 aromatic heterocycles. The molecule has 0 aromatic carbocycles. The number of aromatic amines is 1. The quantitative estimate of drug-likeness (QED) is 0.789. The van der Waals surface area contributed by atoms with Crippen LogP contribution in [0.3, 0.4) is 0 Å². The molecule has 1 N–H and O–H groups in total. The van der Waals surface area contributed by atoms with Gasteiger partial charge in [0.15, 0.2) is 0 Å². The van der Waals surface area contributed by atoms with Gasteiger partial charge in [0.25, 0.3) is 0 Å². The molecule has 1 aliphatic rings. The van der Waals surface area contributed by atoms with Crippen LogP contribution in [0.2, 0.25) is 0 Å². The van der Waals surface area contributed by atoms with Crippen LogP contribution < -0.4 is 0 Å². The maximum absolute atomic E-state index is 8.56. The summed E-state index contributed by atoms with van der Waals surface area (Å²) in [6.45, 7) is 2.28. The molecule has 0 bridgehead atoms. The summed E-state index contributed by atoms with van der Waals surface area (Å²) in [6, 6.07) is 2.10. The maximum atomic E-state index is 8.56. The Morgan fingerprint density at radius 1 is 1.73 bits per heavy atom. The number of aromatic nitrogens is 2. The first-order chi connectivity index (χ1) is 7.29. The molecule has 15 heavy (non-hydrogen) atoms. The topological polar surface area (TPSA) is 55.7 Å². The lowest BCUT2D eigenvalue weighted by atomic mass is 9.96. The second-order valence-electron chi connectivity index (χ2n) is 4.22. The van der Waals surface area contributed by atoms with Crippen LogP contribution in [0.1, 0.15) is 30.3 Å². The molecular weight excluding hydrogens is 188 g/mol. The number of piperidine rings is 1. The zero-order chi connectivity index (χ0) is 10.7. The van der Waals surface area contributed by atoms with Crippen LogP contribution in [0.25, 0.3) is 0 Å². The van der Waals surface area contributed by atoms with E-state index in [1.807, 2.05) is 6.20 Å². The van der Waals surface area contributed by atoms with Gasteiger partial charge in [0.1, 0.15) is 5.82 Å². The number of hydrogen-bond acceptors (Lipinski definition) is 3. The first-order valence-corrected chi connectivity index (χ1v) is 5.39. The molecule has 2 rings (SSSR count). The van der Waals surface area contributed by atoms with E-state index in [0.29, 0.717) is 12.3 Å². The molecule has 0 saturated carbocycles. The molecule has 4 heteroatoms. The van der Waals surface area contributed by atoms with Crippen molar-refractivity contribution in [3.05, 3.63) is 17.7 Å². The van der Waals surface area contributed by atoms with Crippen molar-refractivity contribution in [2.75, 3.05) is 20.1 Å². The molecule has 0 radical (unpaired) electrons. The van der Waals surface area contributed by atoms with Crippen molar-refractivity contribution in [1.29, 1.82) is 5.26 Å². The van der Waals surface area contributed by atoms with Crippen LogP contribution in [0.4, 0.5) is 0 Å². The zero-order valence-electron chi connectivity index (χ0n) is 9.03. The third-order valence-corrected chi connectivity index (χ3v) is 2.96. The fourth-order valence-corrected chi connectivity index (χ4v) is 2.17. The van der Waals surface area contributed by atoms with Gasteiger partial charge in [0.05, 0.1) is 12.5 Å². The number of rotatable bonds is 2. The lowest BCUT2D eigenvalue weighted by molar-refractivity contribution is 0.248. The van der Waals surface area contributed by atoms with Gasteiger partial charge in [-0.2, -0.15) is 5.26 Å². The van der Waals surface area contributed by atoms with Crippen molar-refractivity contribution in [3.63, 3.8) is 0 Å². The summed E-state index contributed by atoms with van der Waals surface area (Å²) in [7, 11) is 2.15. The lowest BCUT2D eigenvalue weighted by Gasteiger charge is -2.28. The predicted molar refractivity (Wildman–Crippen MR) is 57.4 cm³/mol. The summed E-state index contributed by atoms with van der Waals surface area (Å²) >= 11 is 0. The number of nitrogens with zero attached hydrogens (tertiary/aromatic N) is 3. The molecule has 0 aliphatic carbocycles. The van der Waals surface area contributed by atoms with E-state index >= 15 is 0 Å². The molecular formula is C11H16N4. The Labute approximate surface area is 89.9 Å². The van der Waals surface area contributed by atoms with Gasteiger partial charge in [-0.25, -0.2) is 4.98 Å². The van der Waals surface area contributed by atoms with E-state index in [9.17, 15) is 0 Å². The Bertz CT molecular complexity index is 363. The third kappa shape index (κ3) is 2.37. The highest BCUT2D eigenvalue weighted by molar-refractivity contribution is 5.11. The Balaban J connectivity index is 2.05. The molecule has 1 aromatic rings. The number of likely N-dealkylation sites (N-methyl/N-ethyl adjacent to an activating group) is 1. The standard InChI is InChI=1S/C11H16N4/c1-15-6-2-3-9(8-15)10-7-13-11(14-10)4-5-12/h7,9H,2-4,6,8H2,1H3,(H,13,14). The van der Waals surface area contributed by atoms with E-state index in [0.717, 1.165) is 12.4 Å². The highest BCUT2D eigenvalue weighted by Crippen LogP contribution is 2.24. The van der Waals surface area contributed by atoms with Crippen molar-refractivity contribution in [2.45, 2.75) is 25.2 Å². The predicted octanol–water partition coefficient (Wildman–Crippen LogP) is 1.28. The number of nitrogens with one attached hydrogen (secondary N) is 1. The Morgan fingerprint density at radius 2 is 2.60 bits per heavy atom. The molecule has 0 amide bonds. The summed E-state index contributed by atoms with van der Waals surface area (Å²) in [5, 5.41) is 8.56. The number of hydrogen-bond donors (Lipinski definition) is 1. The monoisotopic (exact) mass is 204 g/mol. The fraction of sp³-hybridized carbons (Fsp3) is 0.636. The van der Waals surface area contributed by atoms with Gasteiger partial charge in [0.2, 0.25) is 0 Å². The average Bonchev–Trinajstić information content (AvgIpc) is 2.67. The first kappa shape index (κ1) is 10.2. The van der Waals surface area contributed by atoms with Crippen molar-refractivity contribution < 1.29 is 0 Å². The second-order valence-corrected chi connectivity index (χ2v) is 4.22. The van der Waals surface area contributed by atoms with Crippen molar-refractivity contribution in [1.82, 2.24) is 14.9 Å². The lowest BCUT2D eigenvalue weighted by Crippen LogP contribution is -2.30. The van der Waals surface area contributed by atoms with E-state index in [4.69, 9.17) is 5.26 Å². The molecule has 1 atom stereocenters. The fourth-order valence-electron chi connectivity index (χ4n) is 2.17. The highest BCUT2D eigenvalue weighted by atomic mass is 15.1. The van der Waals surface area contributed by atoms with Crippen LogP contribution in [0, 0.1) is 11.3 Å². The summed E-state index contributed by atoms with van der Waals surface area (Å²) < 4.78 is 0. The molecule has 4 nitrogen and oxygen atoms in total. The van der Waals surface area contributed by atoms with Gasteiger partial charge in [-0.3, -0.25) is 0 Å². The summed E-state index contributed by atoms with van der Waals surface area (Å²) in [6.07, 6.45) is 4.73. The maximum Gasteiger partial charge on any atom is 0.120 e. The van der Waals surface area contributed by atoms with E-state index in [2.05, 4.69) is 28.0 Å². The van der Waals surface area contributed by atoms with E-state index < -0.39 is 0 Å². The average molecular weight is 204 g/mol. The Hall–Kier alpha value is -1.34. The summed E-state index contributed by atoms with van der Waals surface area (Å²) in [5.74, 6) is 1.35. The zero-order valence-corrected chi connectivity index (χ0v) is 9.03. The highest BCUT2D eigenvalue weighted by Gasteiger charge is 2.20. The molecule has 1 aliphatic heterocycles. The summed E-state index contributed by atoms with van der Waals surface area (Å²) in [5.41, 5.74) is 1.19. The second kappa shape index (κ2) is 4.45. The number of imidazole rings is 1. The molecule has 0 spiro atoms. The van der Waals surface area contributed by atoms with Gasteiger partial charge in [0, 0.05) is 24.4 Å². The van der Waals surface area contributed by atoms with Gasteiger partial charge in [-0.05, 0) is 26.4 Å². The smallest absolute Gasteiger partial charge is 0.120 e. The van der Waals surface area contributed by atoms with E-state index in [1.54, 1.807) is 0 Å². The molecule has 2 heterocycles. The van der Waals surface area contributed by atoms with Crippen LogP contribution >= 0.6 is 0 Å². The van der Waals surface area contributed by atoms with Gasteiger partial charge >= 0.3 is 0 Å². The number of likely N-dealkylation sites (tertiary alicyclic amines) is 1. The first-order valence-electron chi connectivity index (χ1n) is 5.39. The Morgan fingerprint density at radius 3 is 3.33 bits per heavy atom. The van der Waals surface area contributed by atoms with Gasteiger partial charge in [-0.15, -0.1) is 0 Å². The van der Waals surface area contributed by atoms with Crippen LogP contribution in [-0.4, -0.2) is 35.0 Å². The van der Waals surface area contributed by atoms with E-state index in [-0.39, 0.29) is 0 Å². The van der Waals surface area contributed by atoms with Crippen LogP contribution in [-0.2, 0) is 6.42 Å². The SMILES string of the molecule is CN1CCCC(c2cnc(CC#N)[nH]2)C1. The molecule has 1 fully saturated rings. The Kier molecular flexibility index (Phi) is 3.02. The molecule has 1 unspecified atom stereocenters. The van der Waals surface area contributed by atoms with Gasteiger partial charge < -0.3 is 9.88 Å². The minimum atomic E-state index is 0.378. The van der Waals surface area contributed by atoms with Crippen LogP contribution in [0.15, 0.2) is 6.20 Å². The molecule has 1 saturated heterocycles.